The van der Waals surface area contributed by atoms with E-state index in [0.29, 0.717) is 39.1 Å². The van der Waals surface area contributed by atoms with Crippen LogP contribution in [-0.4, -0.2) is 88.1 Å². The summed E-state index contributed by atoms with van der Waals surface area (Å²) < 4.78 is 2.24. The number of carbonyl (C=O) groups is 1. The molecule has 0 aliphatic carbocycles. The van der Waals surface area contributed by atoms with Gasteiger partial charge in [-0.1, -0.05) is 41.4 Å². The normalized spacial score (nSPS) is 16.2. The number of urea groups is 1. The molecule has 67 heavy (non-hydrogen) atoms. The van der Waals surface area contributed by atoms with E-state index >= 15 is 0 Å². The van der Waals surface area contributed by atoms with Crippen molar-refractivity contribution in [1.29, 1.82) is 0 Å². The minimum Gasteiger partial charge on any atom is -0.366 e. The van der Waals surface area contributed by atoms with Crippen LogP contribution in [0.2, 0.25) is 10.0 Å². The molecule has 0 unspecified atom stereocenters. The van der Waals surface area contributed by atoms with E-state index in [-0.39, 0.29) is 17.9 Å². The Labute approximate surface area is 393 Å². The van der Waals surface area contributed by atoms with Crippen molar-refractivity contribution < 1.29 is 4.79 Å². The lowest BCUT2D eigenvalue weighted by atomic mass is 10.1. The quantitative estimate of drug-likeness (QED) is 0.177. The molecule has 0 saturated carbocycles. The van der Waals surface area contributed by atoms with Crippen molar-refractivity contribution >= 4 is 63.7 Å². The molecule has 0 spiro atoms. The number of carbonyl (C=O) groups excluding carboxylic acids is 1. The molecule has 4 aliphatic rings. The summed E-state index contributed by atoms with van der Waals surface area (Å²) in [6.07, 6.45) is 10.3. The lowest BCUT2D eigenvalue weighted by Crippen LogP contribution is -2.48. The van der Waals surface area contributed by atoms with Crippen LogP contribution in [0.4, 0.5) is 33.6 Å². The summed E-state index contributed by atoms with van der Waals surface area (Å²) in [5, 5.41) is 7.62. The summed E-state index contributed by atoms with van der Waals surface area (Å²) in [7, 11) is 0. The maximum atomic E-state index is 13.2. The van der Waals surface area contributed by atoms with E-state index < -0.39 is 11.4 Å². The maximum Gasteiger partial charge on any atom is 0.359 e. The highest BCUT2D eigenvalue weighted by Crippen LogP contribution is 2.43. The van der Waals surface area contributed by atoms with Crippen LogP contribution in [0.25, 0.3) is 34.0 Å². The summed E-state index contributed by atoms with van der Waals surface area (Å²) in [5.74, 6) is 2.33. The average Bonchev–Trinajstić information content (AvgIpc) is 3.95. The average molecular weight is 934 g/mol. The van der Waals surface area contributed by atoms with Crippen LogP contribution in [0, 0.1) is 13.8 Å². The highest BCUT2D eigenvalue weighted by molar-refractivity contribution is 6.34. The van der Waals surface area contributed by atoms with Crippen LogP contribution in [0.5, 0.6) is 0 Å². The van der Waals surface area contributed by atoms with Gasteiger partial charge in [0.15, 0.2) is 11.6 Å². The van der Waals surface area contributed by atoms with E-state index in [1.165, 1.54) is 10.6 Å². The Hall–Kier alpha value is -7.76. The molecule has 336 valence electrons. The second-order valence-electron chi connectivity index (χ2n) is 16.3. The van der Waals surface area contributed by atoms with E-state index in [4.69, 9.17) is 33.2 Å². The second-order valence-corrected chi connectivity index (χ2v) is 17.1. The van der Waals surface area contributed by atoms with Crippen molar-refractivity contribution in [1.82, 2.24) is 43.9 Å². The highest BCUT2D eigenvalue weighted by Gasteiger charge is 2.41. The molecule has 17 nitrogen and oxygen atoms in total. The fraction of sp³-hybridized carbons (Fsp3) is 0.208. The predicted molar refractivity (Wildman–Crippen MR) is 260 cm³/mol. The minimum atomic E-state index is -0.634. The van der Waals surface area contributed by atoms with Gasteiger partial charge in [-0.15, -0.1) is 0 Å². The molecule has 2 fully saturated rings. The Morgan fingerprint density at radius 2 is 1.39 bits per heavy atom. The van der Waals surface area contributed by atoms with Crippen LogP contribution < -0.4 is 36.7 Å². The number of aromatic nitrogens is 9. The first kappa shape index (κ1) is 43.1. The van der Waals surface area contributed by atoms with Crippen LogP contribution in [0.15, 0.2) is 132 Å². The number of hydrogen-bond acceptors (Lipinski definition) is 13. The SMILES string of the molecule is Cc1ccc(-c2nc3c(cc2Cl)N2CC[C@@H](C2)N3)cn1.Cc1ccc(-c2nc3c(cc2Cl)N2CC[C@@H](C2)N3C(=O)Nc2ccccn2)cn1.O=c1nc2ccccn2c(=O)n1-c1ccccn1. The van der Waals surface area contributed by atoms with Crippen molar-refractivity contribution in [2.45, 2.75) is 38.8 Å². The van der Waals surface area contributed by atoms with Gasteiger partial charge in [-0.05, 0) is 99.5 Å². The fourth-order valence-electron chi connectivity index (χ4n) is 8.54. The lowest BCUT2D eigenvalue weighted by Gasteiger charge is -2.36. The molecule has 2 N–H and O–H groups in total. The van der Waals surface area contributed by atoms with E-state index in [9.17, 15) is 14.4 Å². The second kappa shape index (κ2) is 18.3. The third kappa shape index (κ3) is 8.73. The van der Waals surface area contributed by atoms with Gasteiger partial charge in [0.25, 0.3) is 0 Å². The standard InChI is InChI=1S/C21H19ClN6O.C15H15ClN4.C12H8N4O2/c1-13-5-6-14(11-24-13)19-16(22)10-17-20(26-19)28(15-7-9-27(17)12-15)21(29)25-18-4-2-3-8-23-18;1-9-2-3-10(7-17-9)14-12(16)6-13-15(19-14)18-11-4-5-20(13)8-11;17-11-14-10-6-2-4-8-15(10)12(18)16(11)9-5-1-3-7-13-9/h2-6,8,10-11,15H,7,9,12H2,1H3,(H,23,25,29);2-3,6-7,11H,4-5,8H2,1H3,(H,18,19);1-8H/t15-;11-;/m00./s1. The Morgan fingerprint density at radius 3 is 2.07 bits per heavy atom. The summed E-state index contributed by atoms with van der Waals surface area (Å²) >= 11 is 13.0. The molecule has 0 radical (unpaired) electrons. The van der Waals surface area contributed by atoms with Crippen molar-refractivity contribution in [3.05, 3.63) is 164 Å². The van der Waals surface area contributed by atoms with Gasteiger partial charge in [0.2, 0.25) is 0 Å². The number of pyridine rings is 7. The summed E-state index contributed by atoms with van der Waals surface area (Å²) in [5.41, 5.74) is 6.31. The van der Waals surface area contributed by atoms with Crippen molar-refractivity contribution in [2.24, 2.45) is 0 Å². The lowest BCUT2D eigenvalue weighted by molar-refractivity contribution is 0.254. The van der Waals surface area contributed by atoms with Gasteiger partial charge in [-0.2, -0.15) is 9.55 Å². The van der Waals surface area contributed by atoms with Gasteiger partial charge in [0, 0.05) is 85.7 Å². The number of aryl methyl sites for hydroxylation is 2. The first-order valence-corrected chi connectivity index (χ1v) is 22.4. The molecular formula is C48H42Cl2N14O3. The summed E-state index contributed by atoms with van der Waals surface area (Å²) in [4.78, 5) is 73.8. The Kier molecular flexibility index (Phi) is 11.8. The Morgan fingerprint density at radius 1 is 0.716 bits per heavy atom. The number of fused-ring (bicyclic) bond motifs is 9. The van der Waals surface area contributed by atoms with E-state index in [1.807, 2.05) is 68.6 Å². The molecule has 4 aliphatic heterocycles. The highest BCUT2D eigenvalue weighted by atomic mass is 35.5. The molecule has 12 heterocycles. The van der Waals surface area contributed by atoms with Gasteiger partial charge in [0.05, 0.1) is 38.8 Å². The third-order valence-electron chi connectivity index (χ3n) is 11.9. The zero-order chi connectivity index (χ0) is 46.2. The fourth-order valence-corrected chi connectivity index (χ4v) is 9.05. The number of amides is 2. The van der Waals surface area contributed by atoms with Gasteiger partial charge >= 0.3 is 17.4 Å². The van der Waals surface area contributed by atoms with Crippen molar-refractivity contribution in [3.8, 4) is 28.3 Å². The number of anilines is 5. The third-order valence-corrected chi connectivity index (χ3v) is 12.4. The smallest absolute Gasteiger partial charge is 0.359 e. The number of rotatable bonds is 4. The topological polar surface area (TPSA) is 185 Å². The van der Waals surface area contributed by atoms with Gasteiger partial charge < -0.3 is 15.1 Å². The summed E-state index contributed by atoms with van der Waals surface area (Å²) in [6.45, 7) is 7.67. The molecule has 12 rings (SSSR count). The van der Waals surface area contributed by atoms with Gasteiger partial charge in [0.1, 0.15) is 17.3 Å². The predicted octanol–water partition coefficient (Wildman–Crippen LogP) is 7.48. The first-order valence-electron chi connectivity index (χ1n) is 21.6. The zero-order valence-corrected chi connectivity index (χ0v) is 37.8. The minimum absolute atomic E-state index is 0.0591. The molecule has 2 saturated heterocycles. The number of hydrogen-bond donors (Lipinski definition) is 2. The Bertz CT molecular complexity index is 3250. The molecule has 2 atom stereocenters. The monoisotopic (exact) mass is 932 g/mol. The molecule has 4 bridgehead atoms. The zero-order valence-electron chi connectivity index (χ0n) is 36.3. The van der Waals surface area contributed by atoms with Crippen molar-refractivity contribution in [2.75, 3.05) is 51.5 Å². The van der Waals surface area contributed by atoms with Crippen LogP contribution in [0.1, 0.15) is 24.2 Å². The van der Waals surface area contributed by atoms with Crippen molar-refractivity contribution in [3.63, 3.8) is 0 Å². The van der Waals surface area contributed by atoms with Crippen LogP contribution in [-0.2, 0) is 0 Å². The van der Waals surface area contributed by atoms with Gasteiger partial charge in [-0.3, -0.25) is 24.6 Å². The number of nitrogens with one attached hydrogen (secondary N) is 2. The van der Waals surface area contributed by atoms with Crippen LogP contribution in [0.3, 0.4) is 0 Å². The van der Waals surface area contributed by atoms with E-state index in [2.05, 4.69) is 45.4 Å². The van der Waals surface area contributed by atoms with E-state index in [0.717, 1.165) is 89.0 Å². The van der Waals surface area contributed by atoms with Gasteiger partial charge in [-0.25, -0.2) is 34.3 Å². The maximum absolute atomic E-state index is 13.2. The molecule has 8 aromatic heterocycles. The summed E-state index contributed by atoms with van der Waals surface area (Å²) in [6, 6.07) is 27.5. The molecular weight excluding hydrogens is 892 g/mol. The molecule has 0 aromatic carbocycles. The van der Waals surface area contributed by atoms with Crippen LogP contribution >= 0.6 is 23.2 Å². The van der Waals surface area contributed by atoms with E-state index in [1.54, 1.807) is 66.0 Å². The molecule has 2 amide bonds. The Balaban J connectivity index is 0.000000122. The number of halogens is 2. The molecule has 8 aromatic rings. The number of nitrogens with zero attached hydrogens (tertiary/aromatic N) is 12. The largest absolute Gasteiger partial charge is 0.366 e. The molecule has 19 heteroatoms. The first-order chi connectivity index (χ1) is 32.6.